The first-order valence-electron chi connectivity index (χ1n) is 19.2. The van der Waals surface area contributed by atoms with Crippen LogP contribution in [0.4, 0.5) is 5.69 Å². The Hall–Kier alpha value is -6.50. The Bertz CT molecular complexity index is 2670. The lowest BCUT2D eigenvalue weighted by molar-refractivity contribution is 0.196. The van der Waals surface area contributed by atoms with Gasteiger partial charge in [0.05, 0.1) is 39.1 Å². The maximum Gasteiger partial charge on any atom is 0.147 e. The molecular weight excluding hydrogens is 691 g/mol. The van der Waals surface area contributed by atoms with Gasteiger partial charge in [0.15, 0.2) is 0 Å². The fraction of sp³-hybridized carbons (Fsp3) is 0.160. The van der Waals surface area contributed by atoms with Crippen molar-refractivity contribution in [2.75, 3.05) is 32.2 Å². The third-order valence-corrected chi connectivity index (χ3v) is 11.2. The molecule has 2 heterocycles. The average molecular weight is 736 g/mol. The predicted molar refractivity (Wildman–Crippen MR) is 233 cm³/mol. The third-order valence-electron chi connectivity index (χ3n) is 11.2. The van der Waals surface area contributed by atoms with Gasteiger partial charge < -0.3 is 29.0 Å². The molecule has 2 aromatic heterocycles. The summed E-state index contributed by atoms with van der Waals surface area (Å²) in [6.45, 7) is 7.58. The average Bonchev–Trinajstić information content (AvgIpc) is 3.72. The van der Waals surface area contributed by atoms with Crippen molar-refractivity contribution in [1.29, 1.82) is 0 Å². The first-order chi connectivity index (χ1) is 27.2. The second-order valence-electron chi connectivity index (χ2n) is 15.1. The van der Waals surface area contributed by atoms with Crippen LogP contribution in [0.3, 0.4) is 0 Å². The minimum atomic E-state index is 0.199. The van der Waals surface area contributed by atoms with Gasteiger partial charge in [0, 0.05) is 71.1 Å². The molecule has 0 aliphatic heterocycles. The zero-order valence-corrected chi connectivity index (χ0v) is 32.5. The molecule has 0 spiro atoms. The summed E-state index contributed by atoms with van der Waals surface area (Å²) in [5.74, 6) is 0.397. The molecule has 0 saturated carbocycles. The summed E-state index contributed by atoms with van der Waals surface area (Å²) in [7, 11) is 3.82. The number of phenolic OH excluding ortho intramolecular Hbond substituents is 2. The molecule has 6 heteroatoms. The normalized spacial score (nSPS) is 11.7. The van der Waals surface area contributed by atoms with Crippen LogP contribution in [-0.2, 0) is 4.74 Å². The first-order valence-corrected chi connectivity index (χ1v) is 19.2. The van der Waals surface area contributed by atoms with Crippen LogP contribution >= 0.6 is 0 Å². The van der Waals surface area contributed by atoms with Crippen LogP contribution in [0.1, 0.15) is 23.1 Å². The van der Waals surface area contributed by atoms with Crippen molar-refractivity contribution in [3.05, 3.63) is 150 Å². The van der Waals surface area contributed by atoms with Gasteiger partial charge >= 0.3 is 0 Å². The molecule has 0 amide bonds. The highest BCUT2D eigenvalue weighted by Crippen LogP contribution is 2.49. The molecule has 278 valence electrons. The van der Waals surface area contributed by atoms with E-state index in [1.165, 1.54) is 0 Å². The van der Waals surface area contributed by atoms with Gasteiger partial charge in [0.1, 0.15) is 11.5 Å². The number of para-hydroxylation sites is 4. The minimum Gasteiger partial charge on any atom is -0.505 e. The molecule has 6 nitrogen and oxygen atoms in total. The SMILES string of the molecule is COCCCN(C)c1c(-c2cc(C)cc(-n3c4ccccc4c4ccccc43)c2O)cc(C)cc1-c1cc(C)cc(-n2c3ccccc3c3ccccc32)c1O. The number of nitrogens with zero attached hydrogens (tertiary/aromatic N) is 3. The van der Waals surface area contributed by atoms with Gasteiger partial charge in [-0.25, -0.2) is 0 Å². The monoisotopic (exact) mass is 735 g/mol. The molecular formula is C50H45N3O3. The fourth-order valence-corrected chi connectivity index (χ4v) is 8.79. The smallest absolute Gasteiger partial charge is 0.147 e. The molecule has 0 atom stereocenters. The predicted octanol–water partition coefficient (Wildman–Crippen LogP) is 12.0. The van der Waals surface area contributed by atoms with Gasteiger partial charge in [0.25, 0.3) is 0 Å². The number of rotatable bonds is 9. The number of methoxy groups -OCH3 is 1. The molecule has 56 heavy (non-hydrogen) atoms. The Morgan fingerprint density at radius 3 is 1.21 bits per heavy atom. The van der Waals surface area contributed by atoms with Crippen molar-refractivity contribution in [3.8, 4) is 45.1 Å². The summed E-state index contributed by atoms with van der Waals surface area (Å²) in [5.41, 5.74) is 12.8. The summed E-state index contributed by atoms with van der Waals surface area (Å²) in [6, 6.07) is 46.1. The Balaban J connectivity index is 1.32. The van der Waals surface area contributed by atoms with Gasteiger partial charge in [-0.3, -0.25) is 0 Å². The summed E-state index contributed by atoms with van der Waals surface area (Å²) >= 11 is 0. The molecule has 0 aliphatic carbocycles. The number of aromatic nitrogens is 2. The molecule has 0 unspecified atom stereocenters. The van der Waals surface area contributed by atoms with Crippen molar-refractivity contribution >= 4 is 49.3 Å². The van der Waals surface area contributed by atoms with Crippen LogP contribution < -0.4 is 4.90 Å². The van der Waals surface area contributed by atoms with E-state index >= 15 is 0 Å². The number of ether oxygens (including phenoxy) is 1. The maximum atomic E-state index is 12.6. The number of hydrogen-bond donors (Lipinski definition) is 2. The van der Waals surface area contributed by atoms with Gasteiger partial charge in [-0.05, 0) is 105 Å². The fourth-order valence-electron chi connectivity index (χ4n) is 8.79. The molecule has 0 fully saturated rings. The van der Waals surface area contributed by atoms with E-state index in [1.54, 1.807) is 7.11 Å². The molecule has 9 rings (SSSR count). The Morgan fingerprint density at radius 1 is 0.500 bits per heavy atom. The molecule has 0 radical (unpaired) electrons. The van der Waals surface area contributed by atoms with Crippen molar-refractivity contribution < 1.29 is 14.9 Å². The van der Waals surface area contributed by atoms with E-state index in [0.717, 1.165) is 106 Å². The number of hydrogen-bond acceptors (Lipinski definition) is 4. The zero-order chi connectivity index (χ0) is 38.7. The Morgan fingerprint density at radius 2 is 0.839 bits per heavy atom. The Labute approximate surface area is 327 Å². The topological polar surface area (TPSA) is 62.8 Å². The van der Waals surface area contributed by atoms with Crippen LogP contribution in [0.2, 0.25) is 0 Å². The Kier molecular flexibility index (Phi) is 8.79. The molecule has 2 N–H and O–H groups in total. The number of benzene rings is 7. The van der Waals surface area contributed by atoms with Gasteiger partial charge in [0.2, 0.25) is 0 Å². The highest BCUT2D eigenvalue weighted by Gasteiger charge is 2.26. The zero-order valence-electron chi connectivity index (χ0n) is 32.5. The number of fused-ring (bicyclic) bond motifs is 6. The van der Waals surface area contributed by atoms with E-state index < -0.39 is 0 Å². The quantitative estimate of drug-likeness (QED) is 0.145. The van der Waals surface area contributed by atoms with Gasteiger partial charge in [-0.2, -0.15) is 0 Å². The van der Waals surface area contributed by atoms with E-state index in [9.17, 15) is 10.2 Å². The highest BCUT2D eigenvalue weighted by atomic mass is 16.5. The van der Waals surface area contributed by atoms with E-state index in [0.29, 0.717) is 13.2 Å². The minimum absolute atomic E-state index is 0.199. The summed E-state index contributed by atoms with van der Waals surface area (Å²) in [4.78, 5) is 2.24. The van der Waals surface area contributed by atoms with E-state index in [4.69, 9.17) is 4.74 Å². The van der Waals surface area contributed by atoms with Crippen molar-refractivity contribution in [1.82, 2.24) is 9.13 Å². The highest BCUT2D eigenvalue weighted by molar-refractivity contribution is 6.11. The van der Waals surface area contributed by atoms with Gasteiger partial charge in [-0.1, -0.05) is 72.8 Å². The number of aromatic hydroxyl groups is 2. The van der Waals surface area contributed by atoms with Crippen LogP contribution in [0, 0.1) is 20.8 Å². The molecule has 0 aliphatic rings. The molecule has 0 saturated heterocycles. The van der Waals surface area contributed by atoms with E-state index in [1.807, 2.05) is 24.3 Å². The van der Waals surface area contributed by atoms with Crippen molar-refractivity contribution in [3.63, 3.8) is 0 Å². The number of phenols is 2. The maximum absolute atomic E-state index is 12.6. The van der Waals surface area contributed by atoms with E-state index in [2.05, 4.69) is 151 Å². The summed E-state index contributed by atoms with van der Waals surface area (Å²) in [6.07, 6.45) is 0.804. The molecule has 7 aromatic carbocycles. The van der Waals surface area contributed by atoms with Gasteiger partial charge in [-0.15, -0.1) is 0 Å². The number of anilines is 1. The van der Waals surface area contributed by atoms with E-state index in [-0.39, 0.29) is 11.5 Å². The van der Waals surface area contributed by atoms with Crippen LogP contribution in [0.25, 0.3) is 77.2 Å². The molecule has 0 bridgehead atoms. The lowest BCUT2D eigenvalue weighted by Gasteiger charge is -2.28. The van der Waals surface area contributed by atoms with Crippen molar-refractivity contribution in [2.45, 2.75) is 27.2 Å². The third kappa shape index (κ3) is 5.68. The summed E-state index contributed by atoms with van der Waals surface area (Å²) in [5, 5.41) is 29.7. The first kappa shape index (κ1) is 35.2. The lowest BCUT2D eigenvalue weighted by Crippen LogP contribution is -2.21. The summed E-state index contributed by atoms with van der Waals surface area (Å²) < 4.78 is 9.85. The largest absolute Gasteiger partial charge is 0.505 e. The van der Waals surface area contributed by atoms with Crippen LogP contribution in [0.15, 0.2) is 133 Å². The second-order valence-corrected chi connectivity index (χ2v) is 15.1. The number of aryl methyl sites for hydroxylation is 3. The molecule has 9 aromatic rings. The van der Waals surface area contributed by atoms with Crippen LogP contribution in [0.5, 0.6) is 11.5 Å². The standard InChI is InChI=1S/C50H45N3O3/c1-31-25-38(40-27-32(2)29-46(49(40)54)52-42-19-10-6-15-34(42)35-16-7-11-20-43(35)52)48(51(4)23-14-24-56-5)39(26-31)41-28-33(3)30-47(50(41)55)53-44-21-12-8-17-36(44)37-18-9-13-22-45(37)53/h6-13,15-22,25-30,54-55H,14,23-24H2,1-5H3. The second kappa shape index (κ2) is 14.0. The van der Waals surface area contributed by atoms with Crippen molar-refractivity contribution in [2.24, 2.45) is 0 Å². The lowest BCUT2D eigenvalue weighted by atomic mass is 9.90. The van der Waals surface area contributed by atoms with Crippen LogP contribution in [-0.4, -0.2) is 46.7 Å².